The molecule has 7 heteroatoms. The molecule has 0 bridgehead atoms. The lowest BCUT2D eigenvalue weighted by atomic mass is 10.1. The first-order valence-corrected chi connectivity index (χ1v) is 8.87. The first-order chi connectivity index (χ1) is 11.3. The van der Waals surface area contributed by atoms with E-state index in [1.165, 1.54) is 0 Å². The van der Waals surface area contributed by atoms with Gasteiger partial charge in [-0.2, -0.15) is 0 Å². The fourth-order valence-electron chi connectivity index (χ4n) is 2.08. The number of imide groups is 1. The molecule has 1 rings (SSSR count). The van der Waals surface area contributed by atoms with E-state index in [1.54, 1.807) is 7.11 Å². The number of quaternary nitrogens is 1. The minimum atomic E-state index is -0.436. The highest BCUT2D eigenvalue weighted by Gasteiger charge is 2.14. The van der Waals surface area contributed by atoms with Gasteiger partial charge in [0.25, 0.3) is 5.91 Å². The number of ether oxygens (including phenoxy) is 1. The van der Waals surface area contributed by atoms with Crippen LogP contribution in [0.3, 0.4) is 0 Å². The number of nitrogens with two attached hydrogens (primary N) is 1. The fraction of sp³-hybridized carbons (Fsp3) is 0.529. The minimum Gasteiger partial charge on any atom is -0.496 e. The van der Waals surface area contributed by atoms with E-state index in [1.807, 2.05) is 30.4 Å². The van der Waals surface area contributed by atoms with Gasteiger partial charge in [0.1, 0.15) is 11.8 Å². The molecule has 0 spiro atoms. The van der Waals surface area contributed by atoms with Crippen LogP contribution in [0.25, 0.3) is 0 Å². The van der Waals surface area contributed by atoms with Gasteiger partial charge in [-0.1, -0.05) is 13.8 Å². The molecule has 0 fully saturated rings. The lowest BCUT2D eigenvalue weighted by molar-refractivity contribution is -0.682. The van der Waals surface area contributed by atoms with Crippen molar-refractivity contribution >= 4 is 27.9 Å². The number of urea groups is 1. The van der Waals surface area contributed by atoms with Crippen molar-refractivity contribution in [3.05, 3.63) is 28.2 Å². The van der Waals surface area contributed by atoms with Crippen LogP contribution in [0.4, 0.5) is 4.79 Å². The molecule has 3 amide bonds. The first kappa shape index (κ1) is 20.4. The van der Waals surface area contributed by atoms with Gasteiger partial charge in [0, 0.05) is 12.1 Å². The van der Waals surface area contributed by atoms with E-state index in [0.29, 0.717) is 12.5 Å². The smallest absolute Gasteiger partial charge is 0.321 e. The van der Waals surface area contributed by atoms with Crippen LogP contribution in [-0.2, 0) is 4.79 Å². The molecule has 0 saturated heterocycles. The first-order valence-electron chi connectivity index (χ1n) is 8.08. The summed E-state index contributed by atoms with van der Waals surface area (Å²) in [4.78, 5) is 23.4. The highest BCUT2D eigenvalue weighted by atomic mass is 79.9. The molecule has 1 aromatic carbocycles. The Kier molecular flexibility index (Phi) is 8.78. The Morgan fingerprint density at radius 2 is 2.00 bits per heavy atom. The van der Waals surface area contributed by atoms with E-state index in [9.17, 15) is 9.59 Å². The number of carbonyl (C=O) groups is 2. The molecule has 0 saturated carbocycles. The summed E-state index contributed by atoms with van der Waals surface area (Å²) in [6.07, 6.45) is 0.886. The molecule has 24 heavy (non-hydrogen) atoms. The Balaban J connectivity index is 2.38. The van der Waals surface area contributed by atoms with E-state index >= 15 is 0 Å². The Morgan fingerprint density at radius 3 is 2.58 bits per heavy atom. The summed E-state index contributed by atoms with van der Waals surface area (Å²) in [6.45, 7) is 6.92. The summed E-state index contributed by atoms with van der Waals surface area (Å²) in [5.41, 5.74) is 1.07. The van der Waals surface area contributed by atoms with Gasteiger partial charge in [0.15, 0.2) is 6.54 Å². The zero-order chi connectivity index (χ0) is 18.1. The van der Waals surface area contributed by atoms with Crippen LogP contribution >= 0.6 is 15.9 Å². The summed E-state index contributed by atoms with van der Waals surface area (Å²) in [5.74, 6) is 0.970. The highest BCUT2D eigenvalue weighted by Crippen LogP contribution is 2.26. The predicted molar refractivity (Wildman–Crippen MR) is 96.9 cm³/mol. The largest absolute Gasteiger partial charge is 0.496 e. The molecule has 0 aliphatic rings. The normalized spacial score (nSPS) is 11.9. The zero-order valence-corrected chi connectivity index (χ0v) is 16.3. The monoisotopic (exact) mass is 400 g/mol. The average molecular weight is 401 g/mol. The number of benzene rings is 1. The number of carbonyl (C=O) groups excluding carboxylic acids is 2. The van der Waals surface area contributed by atoms with Crippen molar-refractivity contribution in [2.75, 3.05) is 20.2 Å². The molecular weight excluding hydrogens is 374 g/mol. The van der Waals surface area contributed by atoms with E-state index in [4.69, 9.17) is 4.74 Å². The highest BCUT2D eigenvalue weighted by molar-refractivity contribution is 9.10. The van der Waals surface area contributed by atoms with Crippen molar-refractivity contribution in [1.82, 2.24) is 10.6 Å². The van der Waals surface area contributed by atoms with Crippen LogP contribution in [0.2, 0.25) is 0 Å². The quantitative estimate of drug-likeness (QED) is 0.623. The number of hydrogen-bond donors (Lipinski definition) is 3. The third-order valence-electron chi connectivity index (χ3n) is 3.62. The van der Waals surface area contributed by atoms with Crippen molar-refractivity contribution in [3.8, 4) is 5.75 Å². The van der Waals surface area contributed by atoms with Gasteiger partial charge >= 0.3 is 6.03 Å². The summed E-state index contributed by atoms with van der Waals surface area (Å²) in [7, 11) is 1.62. The van der Waals surface area contributed by atoms with Crippen molar-refractivity contribution in [2.45, 2.75) is 33.2 Å². The zero-order valence-electron chi connectivity index (χ0n) is 14.7. The Hall–Kier alpha value is -1.60. The lowest BCUT2D eigenvalue weighted by Crippen LogP contribution is -2.87. The van der Waals surface area contributed by atoms with Crippen molar-refractivity contribution < 1.29 is 19.6 Å². The Morgan fingerprint density at radius 1 is 1.29 bits per heavy atom. The van der Waals surface area contributed by atoms with Crippen LogP contribution in [0.15, 0.2) is 22.7 Å². The molecule has 0 unspecified atom stereocenters. The van der Waals surface area contributed by atoms with Crippen LogP contribution in [-0.4, -0.2) is 32.1 Å². The summed E-state index contributed by atoms with van der Waals surface area (Å²) in [6, 6.07) is 5.46. The molecule has 1 atom stereocenters. The van der Waals surface area contributed by atoms with Gasteiger partial charge in [-0.05, 0) is 53.4 Å². The van der Waals surface area contributed by atoms with Crippen LogP contribution in [0.5, 0.6) is 5.75 Å². The maximum Gasteiger partial charge on any atom is 0.321 e. The van der Waals surface area contributed by atoms with Gasteiger partial charge in [-0.15, -0.1) is 0 Å². The molecule has 0 heterocycles. The van der Waals surface area contributed by atoms with Crippen molar-refractivity contribution in [2.24, 2.45) is 5.92 Å². The lowest BCUT2D eigenvalue weighted by Gasteiger charge is -2.13. The van der Waals surface area contributed by atoms with E-state index < -0.39 is 6.03 Å². The van der Waals surface area contributed by atoms with Gasteiger partial charge in [-0.25, -0.2) is 4.79 Å². The van der Waals surface area contributed by atoms with Crippen molar-refractivity contribution in [1.29, 1.82) is 0 Å². The molecule has 0 aliphatic carbocycles. The van der Waals surface area contributed by atoms with Gasteiger partial charge in [0.2, 0.25) is 0 Å². The molecular formula is C17H27BrN3O3+. The van der Waals surface area contributed by atoms with Crippen LogP contribution < -0.4 is 20.7 Å². The number of hydrogen-bond acceptors (Lipinski definition) is 3. The SMILES string of the molecule is COc1ccc([C@@H](C)[NH2+]CC(=O)NC(=O)NCCC(C)C)cc1Br. The number of amides is 3. The third kappa shape index (κ3) is 7.31. The van der Waals surface area contributed by atoms with Crippen molar-refractivity contribution in [3.63, 3.8) is 0 Å². The molecule has 4 N–H and O–H groups in total. The van der Waals surface area contributed by atoms with Gasteiger partial charge in [0.05, 0.1) is 11.6 Å². The van der Waals surface area contributed by atoms with Gasteiger partial charge < -0.3 is 15.4 Å². The summed E-state index contributed by atoms with van der Waals surface area (Å²) in [5, 5.41) is 6.90. The second kappa shape index (κ2) is 10.3. The molecule has 0 aromatic heterocycles. The summed E-state index contributed by atoms with van der Waals surface area (Å²) >= 11 is 3.45. The second-order valence-corrected chi connectivity index (χ2v) is 6.96. The topological polar surface area (TPSA) is 84.0 Å². The molecule has 0 aliphatic heterocycles. The third-order valence-corrected chi connectivity index (χ3v) is 4.24. The van der Waals surface area contributed by atoms with E-state index in [-0.39, 0.29) is 18.5 Å². The average Bonchev–Trinajstić information content (AvgIpc) is 2.52. The van der Waals surface area contributed by atoms with E-state index in [0.717, 1.165) is 22.2 Å². The molecule has 1 aromatic rings. The standard InChI is InChI=1S/C17H26BrN3O3/c1-11(2)7-8-19-17(23)21-16(22)10-20-12(3)13-5-6-15(24-4)14(18)9-13/h5-6,9,11-12,20H,7-8,10H2,1-4H3,(H2,19,21,22,23)/p+1/t12-/m1/s1. The molecule has 0 radical (unpaired) electrons. The maximum absolute atomic E-state index is 11.8. The Bertz CT molecular complexity index is 564. The van der Waals surface area contributed by atoms with Gasteiger partial charge in [-0.3, -0.25) is 10.1 Å². The Labute approximate surface area is 151 Å². The molecule has 134 valence electrons. The fourth-order valence-corrected chi connectivity index (χ4v) is 2.64. The second-order valence-electron chi connectivity index (χ2n) is 6.11. The number of rotatable bonds is 8. The predicted octanol–water partition coefficient (Wildman–Crippen LogP) is 1.95. The molecule has 6 nitrogen and oxygen atoms in total. The van der Waals surface area contributed by atoms with E-state index in [2.05, 4.69) is 40.4 Å². The number of methoxy groups -OCH3 is 1. The number of nitrogens with one attached hydrogen (secondary N) is 2. The van der Waals surface area contributed by atoms with Crippen LogP contribution in [0.1, 0.15) is 38.8 Å². The number of halogens is 1. The van der Waals surface area contributed by atoms with Crippen LogP contribution in [0, 0.1) is 5.92 Å². The minimum absolute atomic E-state index is 0.0851. The summed E-state index contributed by atoms with van der Waals surface area (Å²) < 4.78 is 6.07. The maximum atomic E-state index is 11.8.